The zero-order chi connectivity index (χ0) is 24.2. The predicted octanol–water partition coefficient (Wildman–Crippen LogP) is 3.55. The first-order valence-corrected chi connectivity index (χ1v) is 11.0. The van der Waals surface area contributed by atoms with Crippen molar-refractivity contribution in [3.05, 3.63) is 51.9 Å². The zero-order valence-corrected chi connectivity index (χ0v) is 18.9. The highest BCUT2D eigenvalue weighted by molar-refractivity contribution is 7.16. The summed E-state index contributed by atoms with van der Waals surface area (Å²) in [6.07, 6.45) is -5.04. The fraction of sp³-hybridized carbons (Fsp3) is 0.409. The molecule has 0 bridgehead atoms. The lowest BCUT2D eigenvalue weighted by Crippen LogP contribution is -2.69. The Balaban J connectivity index is 1.96. The van der Waals surface area contributed by atoms with Gasteiger partial charge in [0.15, 0.2) is 0 Å². The van der Waals surface area contributed by atoms with Gasteiger partial charge in [0.1, 0.15) is 11.1 Å². The number of fused-ring (bicyclic) bond motifs is 1. The van der Waals surface area contributed by atoms with Crippen LogP contribution < -0.4 is 10.6 Å². The molecule has 1 aromatic heterocycles. The van der Waals surface area contributed by atoms with Gasteiger partial charge in [-0.1, -0.05) is 37.3 Å². The Hall–Kier alpha value is -3.10. The molecular formula is C22H23F3N4O3S. The summed E-state index contributed by atoms with van der Waals surface area (Å²) >= 11 is 0.972. The minimum atomic E-state index is -5.23. The first-order chi connectivity index (χ1) is 15.6. The van der Waals surface area contributed by atoms with Crippen molar-refractivity contribution < 1.29 is 27.5 Å². The van der Waals surface area contributed by atoms with Crippen molar-refractivity contribution in [1.29, 1.82) is 5.26 Å². The number of halogens is 3. The van der Waals surface area contributed by atoms with Crippen LogP contribution in [-0.2, 0) is 33.8 Å². The van der Waals surface area contributed by atoms with E-state index in [1.54, 1.807) is 5.32 Å². The van der Waals surface area contributed by atoms with E-state index in [2.05, 4.69) is 15.0 Å². The summed E-state index contributed by atoms with van der Waals surface area (Å²) in [6.45, 7) is 3.09. The number of anilines is 1. The van der Waals surface area contributed by atoms with Crippen molar-refractivity contribution in [3.63, 3.8) is 0 Å². The normalized spacial score (nSPS) is 15.6. The van der Waals surface area contributed by atoms with E-state index in [1.807, 2.05) is 36.4 Å². The van der Waals surface area contributed by atoms with E-state index >= 15 is 0 Å². The van der Waals surface area contributed by atoms with Crippen molar-refractivity contribution >= 4 is 28.2 Å². The number of rotatable bonds is 7. The van der Waals surface area contributed by atoms with Gasteiger partial charge in [-0.05, 0) is 17.5 Å². The van der Waals surface area contributed by atoms with Crippen LogP contribution in [0.5, 0.6) is 0 Å². The number of alkyl halides is 3. The molecule has 1 aliphatic heterocycles. The number of hydrogen-bond donors (Lipinski definition) is 2. The van der Waals surface area contributed by atoms with Gasteiger partial charge >= 0.3 is 17.8 Å². The number of esters is 1. The van der Waals surface area contributed by atoms with Crippen molar-refractivity contribution in [2.75, 3.05) is 19.0 Å². The molecule has 1 aromatic carbocycles. The Morgan fingerprint density at radius 3 is 2.55 bits per heavy atom. The van der Waals surface area contributed by atoms with Crippen LogP contribution in [0, 0.1) is 11.3 Å². The number of thiophene rings is 1. The van der Waals surface area contributed by atoms with Crippen molar-refractivity contribution in [1.82, 2.24) is 10.2 Å². The molecule has 0 saturated carbocycles. The molecular weight excluding hydrogens is 457 g/mol. The number of methoxy groups -OCH3 is 1. The molecule has 1 amide bonds. The average molecular weight is 481 g/mol. The molecule has 33 heavy (non-hydrogen) atoms. The van der Waals surface area contributed by atoms with Crippen LogP contribution in [-0.4, -0.2) is 42.3 Å². The topological polar surface area (TPSA) is 94.5 Å². The third-order valence-corrected chi connectivity index (χ3v) is 6.49. The number of nitriles is 1. The number of ether oxygens (including phenoxy) is 1. The molecule has 2 heterocycles. The maximum absolute atomic E-state index is 14.2. The highest BCUT2D eigenvalue weighted by atomic mass is 32.1. The number of carbonyl (C=O) groups excluding carboxylic acids is 2. The van der Waals surface area contributed by atoms with E-state index in [0.29, 0.717) is 31.6 Å². The summed E-state index contributed by atoms with van der Waals surface area (Å²) in [5.74, 6) is -2.73. The van der Waals surface area contributed by atoms with Gasteiger partial charge in [-0.2, -0.15) is 18.4 Å². The second-order valence-corrected chi connectivity index (χ2v) is 8.64. The molecule has 7 nitrogen and oxygen atoms in total. The first kappa shape index (κ1) is 24.5. The second-order valence-electron chi connectivity index (χ2n) is 7.53. The third-order valence-electron chi connectivity index (χ3n) is 5.36. The molecule has 0 radical (unpaired) electrons. The van der Waals surface area contributed by atoms with Crippen LogP contribution in [0.2, 0.25) is 0 Å². The third kappa shape index (κ3) is 4.96. The summed E-state index contributed by atoms with van der Waals surface area (Å²) in [4.78, 5) is 27.1. The van der Waals surface area contributed by atoms with E-state index in [4.69, 9.17) is 0 Å². The Morgan fingerprint density at radius 1 is 1.27 bits per heavy atom. The van der Waals surface area contributed by atoms with Gasteiger partial charge in [0, 0.05) is 30.9 Å². The van der Waals surface area contributed by atoms with Gasteiger partial charge < -0.3 is 15.4 Å². The van der Waals surface area contributed by atoms with E-state index in [0.717, 1.165) is 28.9 Å². The first-order valence-electron chi connectivity index (χ1n) is 10.2. The molecule has 0 unspecified atom stereocenters. The van der Waals surface area contributed by atoms with Crippen LogP contribution in [0.3, 0.4) is 0 Å². The van der Waals surface area contributed by atoms with Crippen molar-refractivity contribution in [3.8, 4) is 6.07 Å². The molecule has 1 atom stereocenters. The lowest BCUT2D eigenvalue weighted by atomic mass is 10.0. The number of benzene rings is 1. The van der Waals surface area contributed by atoms with Gasteiger partial charge in [-0.25, -0.2) is 4.79 Å². The highest BCUT2D eigenvalue weighted by Gasteiger charge is 2.63. The largest absolute Gasteiger partial charge is 0.466 e. The Morgan fingerprint density at radius 2 is 1.97 bits per heavy atom. The number of carbonyl (C=O) groups is 2. The highest BCUT2D eigenvalue weighted by Crippen LogP contribution is 2.41. The molecule has 1 aliphatic rings. The number of nitrogens with one attached hydrogen (secondary N) is 2. The quantitative estimate of drug-likeness (QED) is 0.465. The van der Waals surface area contributed by atoms with Crippen molar-refractivity contribution in [2.45, 2.75) is 44.7 Å². The van der Waals surface area contributed by atoms with Crippen LogP contribution in [0.25, 0.3) is 0 Å². The maximum Gasteiger partial charge on any atom is 0.441 e. The summed E-state index contributed by atoms with van der Waals surface area (Å²) in [7, 11) is 0.800. The summed E-state index contributed by atoms with van der Waals surface area (Å²) < 4.78 is 46.9. The SMILES string of the molecule is CCC(=O)N[C@@](Nc1sc2c(c1C#N)CCN(Cc1ccccc1)C2)(C(=O)OC)C(F)(F)F. The molecule has 0 fully saturated rings. The molecule has 0 spiro atoms. The lowest BCUT2D eigenvalue weighted by molar-refractivity contribution is -0.206. The summed E-state index contributed by atoms with van der Waals surface area (Å²) in [5.41, 5.74) is -1.73. The molecule has 2 aromatic rings. The Bertz CT molecular complexity index is 1070. The fourth-order valence-electron chi connectivity index (χ4n) is 3.65. The van der Waals surface area contributed by atoms with Gasteiger partial charge in [0.05, 0.1) is 12.7 Å². The smallest absolute Gasteiger partial charge is 0.441 e. The van der Waals surface area contributed by atoms with Crippen LogP contribution in [0.4, 0.5) is 18.2 Å². The molecule has 2 N–H and O–H groups in total. The van der Waals surface area contributed by atoms with Crippen LogP contribution in [0.1, 0.15) is 34.9 Å². The number of amides is 1. The molecule has 3 rings (SSSR count). The van der Waals surface area contributed by atoms with Gasteiger partial charge in [-0.15, -0.1) is 11.3 Å². The number of hydrogen-bond acceptors (Lipinski definition) is 7. The number of nitrogens with zero attached hydrogens (tertiary/aromatic N) is 2. The average Bonchev–Trinajstić information content (AvgIpc) is 3.13. The monoisotopic (exact) mass is 480 g/mol. The van der Waals surface area contributed by atoms with Gasteiger partial charge in [0.2, 0.25) is 5.91 Å². The minimum absolute atomic E-state index is 0.0395. The Kier molecular flexibility index (Phi) is 7.29. The van der Waals surface area contributed by atoms with Gasteiger partial charge in [-0.3, -0.25) is 9.69 Å². The molecule has 176 valence electrons. The standard InChI is InChI=1S/C22H23F3N4O3S/c1-3-18(30)27-21(20(31)32-2,22(23,24)25)28-19-16(11-26)15-9-10-29(13-17(15)33-19)12-14-7-5-4-6-8-14/h4-8,28H,3,9-10,12-13H2,1-2H3,(H,27,30)/t21-/m1/s1. The molecule has 0 saturated heterocycles. The van der Waals surface area contributed by atoms with Crippen molar-refractivity contribution in [2.24, 2.45) is 0 Å². The second kappa shape index (κ2) is 9.80. The Labute approximate surface area is 193 Å². The fourth-order valence-corrected chi connectivity index (χ4v) is 4.95. The molecule has 0 aliphatic carbocycles. The summed E-state index contributed by atoms with van der Waals surface area (Å²) in [5, 5.41) is 13.4. The van der Waals surface area contributed by atoms with E-state index in [-0.39, 0.29) is 17.0 Å². The summed E-state index contributed by atoms with van der Waals surface area (Å²) in [6, 6.07) is 11.7. The molecule has 11 heteroatoms. The van der Waals surface area contributed by atoms with E-state index in [9.17, 15) is 28.0 Å². The minimum Gasteiger partial charge on any atom is -0.466 e. The lowest BCUT2D eigenvalue weighted by Gasteiger charge is -2.34. The predicted molar refractivity (Wildman–Crippen MR) is 116 cm³/mol. The maximum atomic E-state index is 14.2. The van der Waals surface area contributed by atoms with Crippen LogP contribution >= 0.6 is 11.3 Å². The zero-order valence-electron chi connectivity index (χ0n) is 18.1. The van der Waals surface area contributed by atoms with E-state index in [1.165, 1.54) is 6.92 Å². The van der Waals surface area contributed by atoms with Gasteiger partial charge in [0.25, 0.3) is 0 Å². The van der Waals surface area contributed by atoms with E-state index < -0.39 is 23.7 Å². The van der Waals surface area contributed by atoms with Crippen LogP contribution in [0.15, 0.2) is 30.3 Å².